The fourth-order valence-electron chi connectivity index (χ4n) is 3.04. The molecule has 9 nitrogen and oxygen atoms in total. The summed E-state index contributed by atoms with van der Waals surface area (Å²) in [7, 11) is -2.73. The molecule has 3 rings (SSSR count). The summed E-state index contributed by atoms with van der Waals surface area (Å²) in [6.45, 7) is -0.210. The van der Waals surface area contributed by atoms with E-state index >= 15 is 0 Å². The van der Waals surface area contributed by atoms with Gasteiger partial charge >= 0.3 is 5.97 Å². The first-order valence-electron chi connectivity index (χ1n) is 9.22. The Hall–Kier alpha value is -2.79. The Morgan fingerprint density at radius 3 is 2.31 bits per heavy atom. The molecule has 170 valence electrons. The molecule has 0 aliphatic carbocycles. The Balaban J connectivity index is 1.81. The lowest BCUT2D eigenvalue weighted by molar-refractivity contribution is -0.136. The normalized spacial score (nSPS) is 14.0. The topological polar surface area (TPSA) is 125 Å². The molecule has 0 saturated heterocycles. The number of nitrogens with one attached hydrogen (secondary N) is 2. The molecule has 0 aromatic heterocycles. The van der Waals surface area contributed by atoms with E-state index in [4.69, 9.17) is 33.0 Å². The summed E-state index contributed by atoms with van der Waals surface area (Å²) in [5.41, 5.74) is 0.707. The van der Waals surface area contributed by atoms with Crippen molar-refractivity contribution >= 4 is 56.5 Å². The highest BCUT2D eigenvalue weighted by molar-refractivity contribution is 7.92. The second kappa shape index (κ2) is 9.78. The van der Waals surface area contributed by atoms with Crippen LogP contribution in [0.15, 0.2) is 58.6 Å². The Labute approximate surface area is 194 Å². The molecule has 1 amide bonds. The summed E-state index contributed by atoms with van der Waals surface area (Å²) in [5, 5.41) is 12.5. The fourth-order valence-corrected chi connectivity index (χ4v) is 4.60. The first kappa shape index (κ1) is 23.9. The average Bonchev–Trinajstić information content (AvgIpc) is 3.02. The Morgan fingerprint density at radius 2 is 1.75 bits per heavy atom. The number of sulfonamides is 1. The highest BCUT2D eigenvalue weighted by atomic mass is 35.5. The molecule has 2 aromatic rings. The van der Waals surface area contributed by atoms with Crippen LogP contribution in [0.3, 0.4) is 0 Å². The van der Waals surface area contributed by atoms with E-state index in [9.17, 15) is 18.0 Å². The molecule has 32 heavy (non-hydrogen) atoms. The Kier molecular flexibility index (Phi) is 7.29. The van der Waals surface area contributed by atoms with Gasteiger partial charge in [0, 0.05) is 22.3 Å². The fraction of sp³-hybridized carbons (Fsp3) is 0.200. The van der Waals surface area contributed by atoms with Crippen LogP contribution in [0.4, 0.5) is 11.4 Å². The summed E-state index contributed by atoms with van der Waals surface area (Å²) < 4.78 is 32.4. The summed E-state index contributed by atoms with van der Waals surface area (Å²) >= 11 is 11.8. The van der Waals surface area contributed by atoms with Crippen LogP contribution in [0.25, 0.3) is 0 Å². The number of aliphatic hydroxyl groups excluding tert-OH is 1. The predicted molar refractivity (Wildman–Crippen MR) is 120 cm³/mol. The molecule has 1 heterocycles. The maximum absolute atomic E-state index is 12.7. The summed E-state index contributed by atoms with van der Waals surface area (Å²) in [5.74, 6) is -1.15. The predicted octanol–water partition coefficient (Wildman–Crippen LogP) is 2.47. The lowest BCUT2D eigenvalue weighted by atomic mass is 10.2. The van der Waals surface area contributed by atoms with Gasteiger partial charge < -0.3 is 20.1 Å². The number of β-amino-alcohol motifs (C(OH)–C–C–N with tert-alkyl or cyclic N) is 1. The van der Waals surface area contributed by atoms with E-state index in [1.54, 1.807) is 0 Å². The molecule has 0 spiro atoms. The van der Waals surface area contributed by atoms with Gasteiger partial charge in [-0.2, -0.15) is 0 Å². The number of rotatable bonds is 8. The van der Waals surface area contributed by atoms with Crippen molar-refractivity contribution in [2.75, 3.05) is 36.8 Å². The number of nitrogens with zero attached hydrogens (tertiary/aromatic N) is 1. The maximum Gasteiger partial charge on any atom is 0.337 e. The highest BCUT2D eigenvalue weighted by Gasteiger charge is 2.34. The van der Waals surface area contributed by atoms with Gasteiger partial charge in [-0.25, -0.2) is 13.2 Å². The first-order valence-corrected chi connectivity index (χ1v) is 11.5. The number of carbonyl (C=O) groups excluding carboxylic acids is 2. The zero-order valence-electron chi connectivity index (χ0n) is 16.8. The Morgan fingerprint density at radius 1 is 1.12 bits per heavy atom. The van der Waals surface area contributed by atoms with Crippen molar-refractivity contribution in [3.05, 3.63) is 63.8 Å². The minimum atomic E-state index is -3.93. The van der Waals surface area contributed by atoms with Crippen molar-refractivity contribution in [2.45, 2.75) is 4.90 Å². The van der Waals surface area contributed by atoms with Gasteiger partial charge in [0.15, 0.2) is 0 Å². The van der Waals surface area contributed by atoms with Gasteiger partial charge in [0.2, 0.25) is 0 Å². The van der Waals surface area contributed by atoms with E-state index in [2.05, 4.69) is 10.0 Å². The van der Waals surface area contributed by atoms with Gasteiger partial charge in [-0.15, -0.1) is 0 Å². The molecule has 0 radical (unpaired) electrons. The van der Waals surface area contributed by atoms with E-state index in [-0.39, 0.29) is 51.6 Å². The largest absolute Gasteiger partial charge is 0.466 e. The molecule has 0 atom stereocenters. The zero-order valence-corrected chi connectivity index (χ0v) is 19.1. The zero-order chi connectivity index (χ0) is 23.5. The van der Waals surface area contributed by atoms with Crippen LogP contribution in [-0.2, 0) is 24.3 Å². The molecule has 2 aromatic carbocycles. The van der Waals surface area contributed by atoms with Gasteiger partial charge in [0.1, 0.15) is 5.70 Å². The van der Waals surface area contributed by atoms with Crippen LogP contribution in [0.2, 0.25) is 10.0 Å². The molecular weight excluding hydrogens is 481 g/mol. The minimum absolute atomic E-state index is 0.00697. The third-order valence-electron chi connectivity index (χ3n) is 4.50. The summed E-state index contributed by atoms with van der Waals surface area (Å²) in [6.07, 6.45) is 0. The molecule has 0 bridgehead atoms. The molecule has 0 unspecified atom stereocenters. The van der Waals surface area contributed by atoms with Crippen molar-refractivity contribution in [3.8, 4) is 0 Å². The third-order valence-corrected chi connectivity index (χ3v) is 6.34. The smallest absolute Gasteiger partial charge is 0.337 e. The number of ether oxygens (including phenoxy) is 1. The number of carbonyl (C=O) groups is 2. The van der Waals surface area contributed by atoms with E-state index in [1.165, 1.54) is 54.5 Å². The van der Waals surface area contributed by atoms with Gasteiger partial charge in [-0.1, -0.05) is 23.2 Å². The molecule has 0 saturated carbocycles. The number of anilines is 2. The van der Waals surface area contributed by atoms with Crippen LogP contribution >= 0.6 is 23.2 Å². The standard InChI is InChI=1S/C20H19Cl2N3O6S/c1-31-20(28)17-11-25(6-7-26)19(27)18(17)23-14-2-4-16(5-3-14)32(29,30)24-15-9-12(21)8-13(22)10-15/h2-5,8-10,23-24,26H,6-7,11H2,1H3. The number of benzene rings is 2. The number of esters is 1. The quantitative estimate of drug-likeness (QED) is 0.476. The second-order valence-electron chi connectivity index (χ2n) is 6.71. The van der Waals surface area contributed by atoms with Crippen molar-refractivity contribution in [3.63, 3.8) is 0 Å². The molecule has 0 fully saturated rings. The number of hydrogen-bond acceptors (Lipinski definition) is 7. The summed E-state index contributed by atoms with van der Waals surface area (Å²) in [6, 6.07) is 9.88. The molecule has 1 aliphatic rings. The SMILES string of the molecule is COC(=O)C1=C(Nc2ccc(S(=O)(=O)Nc3cc(Cl)cc(Cl)c3)cc2)C(=O)N(CCO)C1. The average molecular weight is 500 g/mol. The monoisotopic (exact) mass is 499 g/mol. The third kappa shape index (κ3) is 5.33. The number of hydrogen-bond donors (Lipinski definition) is 3. The summed E-state index contributed by atoms with van der Waals surface area (Å²) in [4.78, 5) is 25.9. The maximum atomic E-state index is 12.7. The van der Waals surface area contributed by atoms with E-state index in [0.29, 0.717) is 5.69 Å². The molecular formula is C20H19Cl2N3O6S. The number of halogens is 2. The molecule has 3 N–H and O–H groups in total. The van der Waals surface area contributed by atoms with Gasteiger partial charge in [-0.3, -0.25) is 9.52 Å². The van der Waals surface area contributed by atoms with E-state index in [1.807, 2.05) is 0 Å². The van der Waals surface area contributed by atoms with Crippen molar-refractivity contribution in [2.24, 2.45) is 0 Å². The lowest BCUT2D eigenvalue weighted by Gasteiger charge is -2.15. The number of amides is 1. The second-order valence-corrected chi connectivity index (χ2v) is 9.26. The van der Waals surface area contributed by atoms with E-state index in [0.717, 1.165) is 0 Å². The Bertz CT molecular complexity index is 1160. The van der Waals surface area contributed by atoms with E-state index < -0.39 is 21.9 Å². The van der Waals surface area contributed by atoms with Crippen LogP contribution in [0.5, 0.6) is 0 Å². The first-order chi connectivity index (χ1) is 15.1. The number of aliphatic hydroxyl groups is 1. The molecule has 12 heteroatoms. The van der Waals surface area contributed by atoms with Gasteiger partial charge in [0.25, 0.3) is 15.9 Å². The minimum Gasteiger partial charge on any atom is -0.466 e. The van der Waals surface area contributed by atoms with Gasteiger partial charge in [0.05, 0.1) is 36.4 Å². The van der Waals surface area contributed by atoms with Crippen molar-refractivity contribution in [1.82, 2.24) is 4.90 Å². The van der Waals surface area contributed by atoms with Crippen LogP contribution < -0.4 is 10.0 Å². The molecule has 1 aliphatic heterocycles. The van der Waals surface area contributed by atoms with Crippen molar-refractivity contribution in [1.29, 1.82) is 0 Å². The van der Waals surface area contributed by atoms with Crippen molar-refractivity contribution < 1.29 is 27.9 Å². The van der Waals surface area contributed by atoms with Crippen LogP contribution in [-0.4, -0.2) is 57.1 Å². The van der Waals surface area contributed by atoms with Crippen LogP contribution in [0, 0.1) is 0 Å². The number of methoxy groups -OCH3 is 1. The van der Waals surface area contributed by atoms with Gasteiger partial charge in [-0.05, 0) is 42.5 Å². The van der Waals surface area contributed by atoms with Crippen LogP contribution in [0.1, 0.15) is 0 Å². The lowest BCUT2D eigenvalue weighted by Crippen LogP contribution is -2.31. The highest BCUT2D eigenvalue weighted by Crippen LogP contribution is 2.26.